The van der Waals surface area contributed by atoms with Gasteiger partial charge in [-0.1, -0.05) is 6.07 Å². The molecule has 5 heteroatoms. The lowest BCUT2D eigenvalue weighted by Crippen LogP contribution is -2.46. The normalized spacial score (nSPS) is 20.0. The maximum absolute atomic E-state index is 10.8. The Hall–Kier alpha value is -1.17. The topological polar surface area (TPSA) is 51.6 Å². The number of rotatable bonds is 4. The second kappa shape index (κ2) is 6.52. The van der Waals surface area contributed by atoms with Crippen LogP contribution in [0.2, 0.25) is 0 Å². The number of β-amino-alcohol motifs (C(OH)–C–C–N with tert-alkyl or cyclic N) is 1. The van der Waals surface area contributed by atoms with Crippen molar-refractivity contribution in [2.75, 3.05) is 44.7 Å². The molecule has 0 bridgehead atoms. The van der Waals surface area contributed by atoms with Gasteiger partial charge in [-0.2, -0.15) is 0 Å². The quantitative estimate of drug-likeness (QED) is 0.881. The number of aliphatic hydroxyl groups is 1. The Morgan fingerprint density at radius 3 is 2.36 bits per heavy atom. The highest BCUT2D eigenvalue weighted by atomic mass is 16.3. The monoisotopic (exact) mass is 306 g/mol. The molecule has 1 aliphatic rings. The lowest BCUT2D eigenvalue weighted by molar-refractivity contribution is 0.0459. The number of aromatic nitrogens is 1. The van der Waals surface area contributed by atoms with E-state index in [-0.39, 0.29) is 5.54 Å². The number of likely N-dealkylation sites (N-methyl/N-ethyl adjacent to an activating group) is 1. The van der Waals surface area contributed by atoms with Crippen molar-refractivity contribution in [3.8, 4) is 0 Å². The first-order valence-electron chi connectivity index (χ1n) is 8.06. The summed E-state index contributed by atoms with van der Waals surface area (Å²) in [5, 5.41) is 14.1. The van der Waals surface area contributed by atoms with E-state index in [1.807, 2.05) is 25.1 Å². The molecule has 2 N–H and O–H groups in total. The molecule has 0 unspecified atom stereocenters. The van der Waals surface area contributed by atoms with E-state index in [4.69, 9.17) is 4.98 Å². The highest BCUT2D eigenvalue weighted by molar-refractivity contribution is 5.40. The van der Waals surface area contributed by atoms with Gasteiger partial charge in [-0.25, -0.2) is 4.98 Å². The van der Waals surface area contributed by atoms with E-state index in [0.29, 0.717) is 6.54 Å². The molecule has 5 nitrogen and oxygen atoms in total. The molecule has 1 aromatic heterocycles. The van der Waals surface area contributed by atoms with Crippen LogP contribution in [-0.2, 0) is 5.60 Å². The van der Waals surface area contributed by atoms with Crippen LogP contribution in [0.3, 0.4) is 0 Å². The van der Waals surface area contributed by atoms with Crippen molar-refractivity contribution in [1.29, 1.82) is 0 Å². The average molecular weight is 306 g/mol. The maximum atomic E-state index is 10.8. The number of pyridine rings is 1. The Kier molecular flexibility index (Phi) is 5.10. The minimum Gasteiger partial charge on any atom is -0.383 e. The van der Waals surface area contributed by atoms with E-state index < -0.39 is 5.60 Å². The summed E-state index contributed by atoms with van der Waals surface area (Å²) in [4.78, 5) is 9.32. The Labute approximate surface area is 134 Å². The highest BCUT2D eigenvalue weighted by Crippen LogP contribution is 2.22. The number of nitrogens with zero attached hydrogens (tertiary/aromatic N) is 3. The van der Waals surface area contributed by atoms with Crippen LogP contribution < -0.4 is 10.2 Å². The average Bonchev–Trinajstić information content (AvgIpc) is 2.46. The molecule has 22 heavy (non-hydrogen) atoms. The highest BCUT2D eigenvalue weighted by Gasteiger charge is 2.27. The van der Waals surface area contributed by atoms with Crippen molar-refractivity contribution >= 4 is 5.82 Å². The van der Waals surface area contributed by atoms with Crippen LogP contribution in [0, 0.1) is 0 Å². The van der Waals surface area contributed by atoms with Crippen LogP contribution in [0.15, 0.2) is 18.2 Å². The van der Waals surface area contributed by atoms with E-state index in [1.54, 1.807) is 0 Å². The third kappa shape index (κ3) is 4.66. The van der Waals surface area contributed by atoms with Crippen molar-refractivity contribution in [2.45, 2.75) is 38.8 Å². The van der Waals surface area contributed by atoms with Crippen LogP contribution in [0.1, 0.15) is 33.4 Å². The summed E-state index contributed by atoms with van der Waals surface area (Å²) in [5.74, 6) is 0.960. The Bertz CT molecular complexity index is 488. The van der Waals surface area contributed by atoms with Crippen molar-refractivity contribution in [1.82, 2.24) is 15.2 Å². The van der Waals surface area contributed by atoms with Crippen LogP contribution in [0.5, 0.6) is 0 Å². The van der Waals surface area contributed by atoms with Crippen LogP contribution >= 0.6 is 0 Å². The summed E-state index contributed by atoms with van der Waals surface area (Å²) in [6.07, 6.45) is 0. The van der Waals surface area contributed by atoms with Gasteiger partial charge in [0.2, 0.25) is 0 Å². The molecule has 1 aromatic rings. The second-order valence-electron chi connectivity index (χ2n) is 7.55. The fourth-order valence-corrected chi connectivity index (χ4v) is 2.46. The van der Waals surface area contributed by atoms with Gasteiger partial charge < -0.3 is 20.2 Å². The molecule has 0 aromatic carbocycles. The summed E-state index contributed by atoms with van der Waals surface area (Å²) < 4.78 is 0. The van der Waals surface area contributed by atoms with Gasteiger partial charge in [0.15, 0.2) is 0 Å². The van der Waals surface area contributed by atoms with E-state index in [9.17, 15) is 5.11 Å². The van der Waals surface area contributed by atoms with Crippen molar-refractivity contribution < 1.29 is 5.11 Å². The molecule has 0 amide bonds. The van der Waals surface area contributed by atoms with Crippen molar-refractivity contribution in [2.24, 2.45) is 0 Å². The maximum Gasteiger partial charge on any atom is 0.129 e. The third-order valence-electron chi connectivity index (χ3n) is 4.08. The van der Waals surface area contributed by atoms with Crippen molar-refractivity contribution in [3.63, 3.8) is 0 Å². The van der Waals surface area contributed by atoms with Crippen molar-refractivity contribution in [3.05, 3.63) is 23.9 Å². The zero-order valence-corrected chi connectivity index (χ0v) is 14.6. The Balaban J connectivity index is 2.10. The first-order valence-corrected chi connectivity index (χ1v) is 8.06. The number of hydrogen-bond donors (Lipinski definition) is 2. The Morgan fingerprint density at radius 1 is 1.14 bits per heavy atom. The van der Waals surface area contributed by atoms with Gasteiger partial charge in [0.25, 0.3) is 0 Å². The van der Waals surface area contributed by atoms with E-state index in [0.717, 1.165) is 37.7 Å². The smallest absolute Gasteiger partial charge is 0.129 e. The predicted molar refractivity (Wildman–Crippen MR) is 91.3 cm³/mol. The molecule has 2 heterocycles. The minimum absolute atomic E-state index is 0.0287. The van der Waals surface area contributed by atoms with E-state index >= 15 is 0 Å². The van der Waals surface area contributed by atoms with Gasteiger partial charge >= 0.3 is 0 Å². The zero-order chi connectivity index (χ0) is 16.4. The molecule has 0 saturated carbocycles. The summed E-state index contributed by atoms with van der Waals surface area (Å²) in [6.45, 7) is 12.6. The molecule has 1 aliphatic heterocycles. The molecule has 2 rings (SSSR count). The standard InChI is InChI=1S/C17H30N4O/c1-16(2,3)18-13-17(4,22)14-7-6-8-15(19-14)21-11-9-20(5)10-12-21/h6-8,18,22H,9-13H2,1-5H3/t17-/m1/s1. The van der Waals surface area contributed by atoms with E-state index in [1.165, 1.54) is 0 Å². The molecule has 0 spiro atoms. The van der Waals surface area contributed by atoms with Gasteiger partial charge in [-0.05, 0) is 46.9 Å². The number of nitrogens with one attached hydrogen (secondary N) is 1. The molecular formula is C17H30N4O. The molecule has 124 valence electrons. The van der Waals surface area contributed by atoms with Gasteiger partial charge in [0, 0.05) is 38.3 Å². The first-order chi connectivity index (χ1) is 10.2. The van der Waals surface area contributed by atoms with Gasteiger partial charge in [-0.3, -0.25) is 0 Å². The fourth-order valence-electron chi connectivity index (χ4n) is 2.46. The minimum atomic E-state index is -0.976. The predicted octanol–water partition coefficient (Wildman–Crippen LogP) is 1.43. The van der Waals surface area contributed by atoms with Gasteiger partial charge in [-0.15, -0.1) is 0 Å². The fraction of sp³-hybridized carbons (Fsp3) is 0.706. The zero-order valence-electron chi connectivity index (χ0n) is 14.6. The number of piperazine rings is 1. The number of hydrogen-bond acceptors (Lipinski definition) is 5. The molecule has 1 fully saturated rings. The third-order valence-corrected chi connectivity index (χ3v) is 4.08. The molecule has 0 aliphatic carbocycles. The molecule has 1 atom stereocenters. The van der Waals surface area contributed by atoms with Gasteiger partial charge in [0.05, 0.1) is 5.69 Å². The summed E-state index contributed by atoms with van der Waals surface area (Å²) in [5.41, 5.74) is -0.282. The molecular weight excluding hydrogens is 276 g/mol. The lowest BCUT2D eigenvalue weighted by Gasteiger charge is -2.34. The van der Waals surface area contributed by atoms with Crippen LogP contribution in [-0.4, -0.2) is 60.3 Å². The van der Waals surface area contributed by atoms with E-state index in [2.05, 4.69) is 42.9 Å². The molecule has 0 radical (unpaired) electrons. The van der Waals surface area contributed by atoms with Gasteiger partial charge in [0.1, 0.15) is 11.4 Å². The largest absolute Gasteiger partial charge is 0.383 e. The second-order valence-corrected chi connectivity index (χ2v) is 7.55. The SMILES string of the molecule is CN1CCN(c2cccc([C@](C)(O)CNC(C)(C)C)n2)CC1. The molecule has 1 saturated heterocycles. The summed E-state index contributed by atoms with van der Waals surface area (Å²) in [7, 11) is 2.14. The first kappa shape index (κ1) is 17.2. The summed E-state index contributed by atoms with van der Waals surface area (Å²) >= 11 is 0. The van der Waals surface area contributed by atoms with Crippen LogP contribution in [0.4, 0.5) is 5.82 Å². The summed E-state index contributed by atoms with van der Waals surface area (Å²) in [6, 6.07) is 5.92. The van der Waals surface area contributed by atoms with Crippen LogP contribution in [0.25, 0.3) is 0 Å². The Morgan fingerprint density at radius 2 is 1.77 bits per heavy atom. The number of anilines is 1. The lowest BCUT2D eigenvalue weighted by atomic mass is 9.99.